The van der Waals surface area contributed by atoms with E-state index in [2.05, 4.69) is 32.2 Å². The molecule has 1 fully saturated rings. The van der Waals surface area contributed by atoms with Gasteiger partial charge in [-0.2, -0.15) is 5.10 Å². The highest BCUT2D eigenvalue weighted by molar-refractivity contribution is 6.30. The first-order chi connectivity index (χ1) is 20.5. The van der Waals surface area contributed by atoms with Crippen molar-refractivity contribution in [2.24, 2.45) is 0 Å². The number of hydrogen-bond donors (Lipinski definition) is 1. The minimum Gasteiger partial charge on any atom is -0.444 e. The lowest BCUT2D eigenvalue weighted by Gasteiger charge is -2.39. The lowest BCUT2D eigenvalue weighted by Crippen LogP contribution is -2.52. The van der Waals surface area contributed by atoms with E-state index in [0.29, 0.717) is 36.8 Å². The Kier molecular flexibility index (Phi) is 8.92. The van der Waals surface area contributed by atoms with Crippen molar-refractivity contribution < 1.29 is 14.3 Å². The van der Waals surface area contributed by atoms with Crippen LogP contribution in [-0.4, -0.2) is 81.3 Å². The van der Waals surface area contributed by atoms with Crippen molar-refractivity contribution in [2.45, 2.75) is 52.2 Å². The lowest BCUT2D eigenvalue weighted by molar-refractivity contribution is -0.133. The summed E-state index contributed by atoms with van der Waals surface area (Å²) >= 11 is 6.19. The number of H-pyrrole nitrogens is 1. The third kappa shape index (κ3) is 6.94. The van der Waals surface area contributed by atoms with E-state index < -0.39 is 17.6 Å². The predicted octanol–water partition coefficient (Wildman–Crippen LogP) is 6.36. The van der Waals surface area contributed by atoms with Gasteiger partial charge < -0.3 is 19.4 Å². The second-order valence-corrected chi connectivity index (χ2v) is 12.6. The Hall–Kier alpha value is -4.11. The molecule has 10 heteroatoms. The quantitative estimate of drug-likeness (QED) is 0.265. The van der Waals surface area contributed by atoms with E-state index in [-0.39, 0.29) is 18.5 Å². The topological polar surface area (TPSA) is 94.7 Å². The normalized spacial score (nSPS) is 14.7. The number of aromatic amines is 1. The SMILES string of the molecule is CC(C)N(C[C@@H](C(=O)N1CCN(c2ccnc3n[nH]c(-c4ccccc4)c23)CC1)c1ccc(Cl)cc1)C(=O)OC(C)(C)C. The third-order valence-electron chi connectivity index (χ3n) is 7.63. The zero-order valence-electron chi connectivity index (χ0n) is 25.4. The van der Waals surface area contributed by atoms with Crippen LogP contribution in [0.25, 0.3) is 22.3 Å². The van der Waals surface area contributed by atoms with Gasteiger partial charge in [-0.1, -0.05) is 54.1 Å². The smallest absolute Gasteiger partial charge is 0.410 e. The van der Waals surface area contributed by atoms with Crippen molar-refractivity contribution in [3.63, 3.8) is 0 Å². The van der Waals surface area contributed by atoms with Crippen molar-refractivity contribution >= 4 is 40.3 Å². The van der Waals surface area contributed by atoms with Gasteiger partial charge in [0.1, 0.15) is 5.60 Å². The molecule has 0 bridgehead atoms. The lowest BCUT2D eigenvalue weighted by atomic mass is 9.96. The number of aromatic nitrogens is 3. The number of ether oxygens (including phenoxy) is 1. The van der Waals surface area contributed by atoms with Gasteiger partial charge in [0.2, 0.25) is 5.91 Å². The van der Waals surface area contributed by atoms with E-state index in [1.807, 2.05) is 75.9 Å². The van der Waals surface area contributed by atoms with Crippen molar-refractivity contribution in [3.05, 3.63) is 77.4 Å². The van der Waals surface area contributed by atoms with Gasteiger partial charge in [-0.05, 0) is 58.4 Å². The summed E-state index contributed by atoms with van der Waals surface area (Å²) in [7, 11) is 0. The largest absolute Gasteiger partial charge is 0.444 e. The molecule has 0 spiro atoms. The van der Waals surface area contributed by atoms with Gasteiger partial charge in [0.15, 0.2) is 5.65 Å². The molecule has 1 N–H and O–H groups in total. The van der Waals surface area contributed by atoms with Crippen molar-refractivity contribution in [2.75, 3.05) is 37.6 Å². The number of piperazine rings is 1. The van der Waals surface area contributed by atoms with Crippen LogP contribution in [-0.2, 0) is 9.53 Å². The van der Waals surface area contributed by atoms with Gasteiger partial charge >= 0.3 is 6.09 Å². The molecule has 3 heterocycles. The summed E-state index contributed by atoms with van der Waals surface area (Å²) < 4.78 is 5.70. The maximum absolute atomic E-state index is 14.2. The first-order valence-electron chi connectivity index (χ1n) is 14.7. The van der Waals surface area contributed by atoms with E-state index in [1.54, 1.807) is 23.2 Å². The molecule has 2 aromatic carbocycles. The van der Waals surface area contributed by atoms with Gasteiger partial charge in [0.25, 0.3) is 0 Å². The Morgan fingerprint density at radius 1 is 1.00 bits per heavy atom. The first kappa shape index (κ1) is 30.4. The van der Waals surface area contributed by atoms with E-state index in [4.69, 9.17) is 16.3 Å². The van der Waals surface area contributed by atoms with Gasteiger partial charge in [-0.25, -0.2) is 9.78 Å². The fraction of sp³-hybridized carbons (Fsp3) is 0.394. The second-order valence-electron chi connectivity index (χ2n) is 12.1. The number of benzene rings is 2. The van der Waals surface area contributed by atoms with Crippen LogP contribution >= 0.6 is 11.6 Å². The third-order valence-corrected chi connectivity index (χ3v) is 7.88. The highest BCUT2D eigenvalue weighted by Crippen LogP contribution is 2.34. The Labute approximate surface area is 257 Å². The molecule has 1 saturated heterocycles. The number of halogens is 1. The maximum atomic E-state index is 14.2. The van der Waals surface area contributed by atoms with Crippen LogP contribution in [0.5, 0.6) is 0 Å². The number of nitrogens with one attached hydrogen (secondary N) is 1. The second kappa shape index (κ2) is 12.6. The molecule has 0 unspecified atom stereocenters. The molecule has 1 aliphatic rings. The summed E-state index contributed by atoms with van der Waals surface area (Å²) in [6.07, 6.45) is 1.34. The first-order valence-corrected chi connectivity index (χ1v) is 15.1. The highest BCUT2D eigenvalue weighted by Gasteiger charge is 2.34. The number of pyridine rings is 1. The Balaban J connectivity index is 1.37. The van der Waals surface area contributed by atoms with Crippen LogP contribution in [0.15, 0.2) is 66.9 Å². The molecular weight excluding hydrogens is 564 g/mol. The number of carbonyl (C=O) groups excluding carboxylic acids is 2. The minimum atomic E-state index is -0.645. The van der Waals surface area contributed by atoms with Crippen LogP contribution in [0.1, 0.15) is 46.1 Å². The zero-order chi connectivity index (χ0) is 30.7. The van der Waals surface area contributed by atoms with Gasteiger partial charge in [0.05, 0.1) is 22.7 Å². The summed E-state index contributed by atoms with van der Waals surface area (Å²) in [6.45, 7) is 12.0. The molecule has 5 rings (SSSR count). The van der Waals surface area contributed by atoms with Gasteiger partial charge in [0, 0.05) is 55.5 Å². The van der Waals surface area contributed by atoms with Gasteiger partial charge in [-0.3, -0.25) is 9.89 Å². The summed E-state index contributed by atoms with van der Waals surface area (Å²) in [5.41, 5.74) is 3.83. The predicted molar refractivity (Wildman–Crippen MR) is 170 cm³/mol. The molecule has 2 aromatic heterocycles. The molecule has 9 nitrogen and oxygen atoms in total. The van der Waals surface area contributed by atoms with Crippen LogP contribution in [0.3, 0.4) is 0 Å². The fourth-order valence-corrected chi connectivity index (χ4v) is 5.56. The van der Waals surface area contributed by atoms with Crippen molar-refractivity contribution in [1.82, 2.24) is 25.0 Å². The standard InChI is InChI=1S/C33H39ClN6O3/c1-22(2)40(32(42)43-33(3,4)5)21-26(23-11-13-25(34)14-12-23)31(41)39-19-17-38(18-20-39)27-15-16-35-30-28(27)29(36-37-30)24-9-7-6-8-10-24/h6-16,22,26H,17-21H2,1-5H3,(H,35,36,37)/t26-/m1/s1. The van der Waals surface area contributed by atoms with Crippen LogP contribution in [0, 0.1) is 0 Å². The van der Waals surface area contributed by atoms with Gasteiger partial charge in [-0.15, -0.1) is 0 Å². The monoisotopic (exact) mass is 602 g/mol. The number of carbonyl (C=O) groups is 2. The molecule has 226 valence electrons. The van der Waals surface area contributed by atoms with E-state index in [1.165, 1.54) is 0 Å². The number of fused-ring (bicyclic) bond motifs is 1. The van der Waals surface area contributed by atoms with E-state index in [0.717, 1.165) is 27.9 Å². The fourth-order valence-electron chi connectivity index (χ4n) is 5.43. The summed E-state index contributed by atoms with van der Waals surface area (Å²) in [5.74, 6) is -0.589. The molecule has 1 aliphatic heterocycles. The summed E-state index contributed by atoms with van der Waals surface area (Å²) in [4.78, 5) is 37.6. The zero-order valence-corrected chi connectivity index (χ0v) is 26.1. The summed E-state index contributed by atoms with van der Waals surface area (Å²) in [5, 5.41) is 9.19. The molecule has 4 aromatic rings. The van der Waals surface area contributed by atoms with E-state index >= 15 is 0 Å². The average molecular weight is 603 g/mol. The van der Waals surface area contributed by atoms with Crippen LogP contribution in [0.2, 0.25) is 5.02 Å². The number of anilines is 1. The molecule has 0 saturated carbocycles. The Morgan fingerprint density at radius 3 is 2.30 bits per heavy atom. The molecule has 0 radical (unpaired) electrons. The van der Waals surface area contributed by atoms with Crippen LogP contribution < -0.4 is 4.90 Å². The molecule has 43 heavy (non-hydrogen) atoms. The number of amides is 2. The minimum absolute atomic E-state index is 0.0238. The number of rotatable bonds is 7. The summed E-state index contributed by atoms with van der Waals surface area (Å²) in [6, 6.07) is 19.3. The number of hydrogen-bond acceptors (Lipinski definition) is 6. The van der Waals surface area contributed by atoms with Crippen molar-refractivity contribution in [3.8, 4) is 11.3 Å². The highest BCUT2D eigenvalue weighted by atomic mass is 35.5. The number of nitrogens with zero attached hydrogens (tertiary/aromatic N) is 5. The maximum Gasteiger partial charge on any atom is 0.410 e. The molecule has 1 atom stereocenters. The van der Waals surface area contributed by atoms with Crippen LogP contribution in [0.4, 0.5) is 10.5 Å². The Morgan fingerprint density at radius 2 is 1.67 bits per heavy atom. The molecule has 0 aliphatic carbocycles. The van der Waals surface area contributed by atoms with E-state index in [9.17, 15) is 9.59 Å². The Bertz CT molecular complexity index is 1560. The average Bonchev–Trinajstić information content (AvgIpc) is 3.42. The molecular formula is C33H39ClN6O3. The molecule has 2 amide bonds. The van der Waals surface area contributed by atoms with Crippen molar-refractivity contribution in [1.29, 1.82) is 0 Å².